The molecule has 0 unspecified atom stereocenters. The topological polar surface area (TPSA) is 15.7 Å². The molecule has 21 heavy (non-hydrogen) atoms. The summed E-state index contributed by atoms with van der Waals surface area (Å²) in [6, 6.07) is 5.60. The molecule has 1 saturated heterocycles. The number of alkyl halides is 3. The molecule has 6 heteroatoms. The van der Waals surface area contributed by atoms with E-state index in [2.05, 4.69) is 9.80 Å². The van der Waals surface area contributed by atoms with Gasteiger partial charge in [-0.3, -0.25) is 9.80 Å². The zero-order valence-corrected chi connectivity index (χ0v) is 12.2. The third kappa shape index (κ3) is 4.98. The molecule has 0 spiro atoms. The first-order valence-electron chi connectivity index (χ1n) is 7.09. The molecule has 1 fully saturated rings. The van der Waals surface area contributed by atoms with Crippen LogP contribution in [0.25, 0.3) is 0 Å². The largest absolute Gasteiger partial charge is 0.416 e. The molecule has 2 rings (SSSR count). The van der Waals surface area contributed by atoms with E-state index in [-0.39, 0.29) is 0 Å². The normalized spacial score (nSPS) is 18.1. The maximum absolute atomic E-state index is 12.7. The Balaban J connectivity index is 1.86. The molecule has 0 aromatic heterocycles. The van der Waals surface area contributed by atoms with E-state index in [1.807, 2.05) is 0 Å². The van der Waals surface area contributed by atoms with Crippen molar-refractivity contribution in [3.05, 3.63) is 35.4 Å². The zero-order valence-electron chi connectivity index (χ0n) is 12.2. The van der Waals surface area contributed by atoms with E-state index in [0.29, 0.717) is 13.2 Å². The number of rotatable bonds is 5. The Morgan fingerprint density at radius 1 is 1.10 bits per heavy atom. The number of hydrogen-bond donors (Lipinski definition) is 0. The van der Waals surface area contributed by atoms with Gasteiger partial charge in [0.05, 0.1) is 12.2 Å². The Kier molecular flexibility index (Phi) is 5.61. The lowest BCUT2D eigenvalue weighted by Gasteiger charge is -2.34. The first-order chi connectivity index (χ1) is 9.99. The summed E-state index contributed by atoms with van der Waals surface area (Å²) < 4.78 is 43.1. The summed E-state index contributed by atoms with van der Waals surface area (Å²) in [5.74, 6) is 0. The van der Waals surface area contributed by atoms with Gasteiger partial charge in [0.1, 0.15) is 0 Å². The fraction of sp³-hybridized carbons (Fsp3) is 0.600. The second-order valence-corrected chi connectivity index (χ2v) is 5.31. The maximum atomic E-state index is 12.7. The van der Waals surface area contributed by atoms with Gasteiger partial charge >= 0.3 is 6.18 Å². The molecule has 1 aromatic carbocycles. The molecule has 0 atom stereocenters. The van der Waals surface area contributed by atoms with Crippen LogP contribution in [0.15, 0.2) is 24.3 Å². The van der Waals surface area contributed by atoms with Crippen molar-refractivity contribution in [3.8, 4) is 0 Å². The van der Waals surface area contributed by atoms with Gasteiger partial charge in [-0.1, -0.05) is 18.2 Å². The lowest BCUT2D eigenvalue weighted by molar-refractivity contribution is -0.137. The predicted molar refractivity (Wildman–Crippen MR) is 75.0 cm³/mol. The molecular formula is C15H21F3N2O. The van der Waals surface area contributed by atoms with E-state index < -0.39 is 11.7 Å². The van der Waals surface area contributed by atoms with E-state index in [0.717, 1.165) is 44.4 Å². The molecule has 0 aliphatic carbocycles. The van der Waals surface area contributed by atoms with Crippen LogP contribution in [0.2, 0.25) is 0 Å². The first-order valence-corrected chi connectivity index (χ1v) is 7.09. The zero-order chi connectivity index (χ0) is 15.3. The molecule has 1 aliphatic rings. The van der Waals surface area contributed by atoms with E-state index >= 15 is 0 Å². The van der Waals surface area contributed by atoms with Crippen LogP contribution in [0.1, 0.15) is 11.1 Å². The van der Waals surface area contributed by atoms with Crippen molar-refractivity contribution in [2.24, 2.45) is 0 Å². The molecule has 1 aliphatic heterocycles. The number of ether oxygens (including phenoxy) is 1. The van der Waals surface area contributed by atoms with Gasteiger partial charge in [-0.15, -0.1) is 0 Å². The quantitative estimate of drug-likeness (QED) is 0.831. The highest BCUT2D eigenvalue weighted by molar-refractivity contribution is 5.25. The van der Waals surface area contributed by atoms with Gasteiger partial charge in [0.25, 0.3) is 0 Å². The van der Waals surface area contributed by atoms with Crippen LogP contribution in [-0.2, 0) is 17.5 Å². The standard InChI is InChI=1S/C15H21F3N2O/c1-21-10-9-19-5-7-20(8-6-19)12-13-3-2-4-14(11-13)15(16,17)18/h2-4,11H,5-10,12H2,1H3. The van der Waals surface area contributed by atoms with Gasteiger partial charge in [-0.25, -0.2) is 0 Å². The van der Waals surface area contributed by atoms with Gasteiger partial charge in [-0.05, 0) is 11.6 Å². The summed E-state index contributed by atoms with van der Waals surface area (Å²) in [5.41, 5.74) is 0.147. The summed E-state index contributed by atoms with van der Waals surface area (Å²) in [7, 11) is 1.68. The van der Waals surface area contributed by atoms with Crippen molar-refractivity contribution in [2.75, 3.05) is 46.4 Å². The molecule has 0 amide bonds. The van der Waals surface area contributed by atoms with Crippen molar-refractivity contribution in [1.82, 2.24) is 9.80 Å². The predicted octanol–water partition coefficient (Wildman–Crippen LogP) is 2.47. The maximum Gasteiger partial charge on any atom is 0.416 e. The number of halogens is 3. The van der Waals surface area contributed by atoms with E-state index in [1.54, 1.807) is 13.2 Å². The van der Waals surface area contributed by atoms with E-state index in [9.17, 15) is 13.2 Å². The minimum atomic E-state index is -4.27. The summed E-state index contributed by atoms with van der Waals surface area (Å²) in [4.78, 5) is 4.50. The Bertz CT molecular complexity index is 443. The molecule has 0 radical (unpaired) electrons. The molecule has 1 aromatic rings. The Morgan fingerprint density at radius 3 is 2.38 bits per heavy atom. The van der Waals surface area contributed by atoms with E-state index in [4.69, 9.17) is 4.74 Å². The van der Waals surface area contributed by atoms with Crippen LogP contribution in [0.4, 0.5) is 13.2 Å². The monoisotopic (exact) mass is 302 g/mol. The van der Waals surface area contributed by atoms with Crippen LogP contribution in [0, 0.1) is 0 Å². The summed E-state index contributed by atoms with van der Waals surface area (Å²) >= 11 is 0. The van der Waals surface area contributed by atoms with Crippen LogP contribution in [0.5, 0.6) is 0 Å². The third-order valence-electron chi connectivity index (χ3n) is 3.74. The number of hydrogen-bond acceptors (Lipinski definition) is 3. The Labute approximate surface area is 123 Å². The first kappa shape index (κ1) is 16.3. The molecule has 0 bridgehead atoms. The van der Waals surface area contributed by atoms with Crippen LogP contribution < -0.4 is 0 Å². The number of benzene rings is 1. The highest BCUT2D eigenvalue weighted by atomic mass is 19.4. The highest BCUT2D eigenvalue weighted by Gasteiger charge is 2.30. The van der Waals surface area contributed by atoms with Crippen molar-refractivity contribution < 1.29 is 17.9 Å². The fourth-order valence-electron chi connectivity index (χ4n) is 2.50. The van der Waals surface area contributed by atoms with Crippen LogP contribution in [-0.4, -0.2) is 56.2 Å². The number of nitrogens with zero attached hydrogens (tertiary/aromatic N) is 2. The molecule has 118 valence electrons. The molecule has 0 N–H and O–H groups in total. The smallest absolute Gasteiger partial charge is 0.383 e. The van der Waals surface area contributed by atoms with Crippen LogP contribution in [0.3, 0.4) is 0 Å². The third-order valence-corrected chi connectivity index (χ3v) is 3.74. The van der Waals surface area contributed by atoms with Crippen molar-refractivity contribution in [3.63, 3.8) is 0 Å². The summed E-state index contributed by atoms with van der Waals surface area (Å²) in [6.45, 7) is 5.81. The highest BCUT2D eigenvalue weighted by Crippen LogP contribution is 2.29. The lowest BCUT2D eigenvalue weighted by Crippen LogP contribution is -2.46. The van der Waals surface area contributed by atoms with Gasteiger partial charge in [0.2, 0.25) is 0 Å². The van der Waals surface area contributed by atoms with Crippen molar-refractivity contribution in [2.45, 2.75) is 12.7 Å². The lowest BCUT2D eigenvalue weighted by atomic mass is 10.1. The average molecular weight is 302 g/mol. The second kappa shape index (κ2) is 7.24. The number of piperazine rings is 1. The number of methoxy groups -OCH3 is 1. The minimum Gasteiger partial charge on any atom is -0.383 e. The Hall–Kier alpha value is -1.11. The van der Waals surface area contributed by atoms with Gasteiger partial charge in [-0.2, -0.15) is 13.2 Å². The Morgan fingerprint density at radius 2 is 1.76 bits per heavy atom. The second-order valence-electron chi connectivity index (χ2n) is 5.31. The molecule has 3 nitrogen and oxygen atoms in total. The average Bonchev–Trinajstić information content (AvgIpc) is 2.46. The SMILES string of the molecule is COCCN1CCN(Cc2cccc(C(F)(F)F)c2)CC1. The minimum absolute atomic E-state index is 0.571. The molecule has 0 saturated carbocycles. The van der Waals surface area contributed by atoms with Gasteiger partial charge < -0.3 is 4.74 Å². The summed E-state index contributed by atoms with van der Waals surface area (Å²) in [5, 5.41) is 0. The molecule has 1 heterocycles. The van der Waals surface area contributed by atoms with Gasteiger partial charge in [0.15, 0.2) is 0 Å². The van der Waals surface area contributed by atoms with E-state index in [1.165, 1.54) is 12.1 Å². The molecular weight excluding hydrogens is 281 g/mol. The summed E-state index contributed by atoms with van der Waals surface area (Å²) in [6.07, 6.45) is -4.27. The van der Waals surface area contributed by atoms with Crippen LogP contribution >= 0.6 is 0 Å². The van der Waals surface area contributed by atoms with Gasteiger partial charge in [0, 0.05) is 46.4 Å². The fourth-order valence-corrected chi connectivity index (χ4v) is 2.50. The van der Waals surface area contributed by atoms with Crippen molar-refractivity contribution >= 4 is 0 Å². The van der Waals surface area contributed by atoms with Crippen molar-refractivity contribution in [1.29, 1.82) is 0 Å².